The molecule has 9 heteroatoms. The number of hydrazone groups is 1. The number of nitrogens with one attached hydrogen (secondary N) is 1. The van der Waals surface area contributed by atoms with Crippen LogP contribution < -0.4 is 5.43 Å². The van der Waals surface area contributed by atoms with Crippen LogP contribution in [0.15, 0.2) is 73.7 Å². The van der Waals surface area contributed by atoms with Crippen LogP contribution in [0.4, 0.5) is 0 Å². The molecule has 3 aromatic rings. The Bertz CT molecular complexity index is 961. The number of amides is 1. The van der Waals surface area contributed by atoms with Gasteiger partial charge in [0.1, 0.15) is 0 Å². The van der Waals surface area contributed by atoms with Gasteiger partial charge in [0.25, 0.3) is 0 Å². The van der Waals surface area contributed by atoms with Crippen LogP contribution >= 0.6 is 11.3 Å². The van der Waals surface area contributed by atoms with Gasteiger partial charge in [0.05, 0.1) is 22.3 Å². The lowest BCUT2D eigenvalue weighted by Crippen LogP contribution is -2.16. The van der Waals surface area contributed by atoms with Gasteiger partial charge in [0.15, 0.2) is 5.76 Å². The highest BCUT2D eigenvalue weighted by Gasteiger charge is 2.21. The van der Waals surface area contributed by atoms with Crippen LogP contribution in [0.5, 0.6) is 0 Å². The molecule has 0 saturated heterocycles. The molecule has 24 heavy (non-hydrogen) atoms. The summed E-state index contributed by atoms with van der Waals surface area (Å²) in [6, 6.07) is 11.1. The molecular formula is C15H11N3O4S2. The largest absolute Gasteiger partial charge is 0.459 e. The van der Waals surface area contributed by atoms with Gasteiger partial charge in [-0.3, -0.25) is 4.79 Å². The first kappa shape index (κ1) is 16.1. The smallest absolute Gasteiger partial charge is 0.307 e. The summed E-state index contributed by atoms with van der Waals surface area (Å²) in [6.07, 6.45) is 4.08. The van der Waals surface area contributed by atoms with Gasteiger partial charge < -0.3 is 4.42 Å². The zero-order chi connectivity index (χ0) is 17.0. The number of nitrogens with zero attached hydrogens (tertiary/aromatic N) is 2. The molecule has 3 rings (SSSR count). The highest BCUT2D eigenvalue weighted by atomic mass is 32.2. The average Bonchev–Trinajstić information content (AvgIpc) is 3.28. The molecule has 0 bridgehead atoms. The van der Waals surface area contributed by atoms with Crippen molar-refractivity contribution in [2.75, 3.05) is 0 Å². The van der Waals surface area contributed by atoms with Crippen molar-refractivity contribution < 1.29 is 17.6 Å². The van der Waals surface area contributed by atoms with E-state index in [1.165, 1.54) is 36.9 Å². The van der Waals surface area contributed by atoms with Crippen LogP contribution in [-0.4, -0.2) is 25.5 Å². The number of sulfone groups is 1. The second-order valence-electron chi connectivity index (χ2n) is 4.52. The van der Waals surface area contributed by atoms with E-state index in [-0.39, 0.29) is 15.0 Å². The zero-order valence-electron chi connectivity index (χ0n) is 12.1. The molecule has 0 aliphatic rings. The zero-order valence-corrected chi connectivity index (χ0v) is 13.8. The Hall–Kier alpha value is -2.78. The number of carbonyl (C=O) groups is 1. The van der Waals surface area contributed by atoms with Gasteiger partial charge in [-0.05, 0) is 24.3 Å². The molecule has 7 nitrogen and oxygen atoms in total. The van der Waals surface area contributed by atoms with Crippen molar-refractivity contribution in [3.8, 4) is 0 Å². The molecule has 0 atom stereocenters. The standard InChI is InChI=1S/C15H11N3O4S2/c19-14(13-7-4-8-22-13)18-17-10-11-9-16-15(23-11)24(20,21)12-5-2-1-3-6-12/h1-10H,(H,18,19). The third-order valence-corrected chi connectivity index (χ3v) is 5.98. The Morgan fingerprint density at radius 3 is 2.71 bits per heavy atom. The van der Waals surface area contributed by atoms with Gasteiger partial charge in [-0.15, -0.1) is 11.3 Å². The third kappa shape index (κ3) is 3.42. The van der Waals surface area contributed by atoms with E-state index in [0.717, 1.165) is 11.3 Å². The average molecular weight is 361 g/mol. The summed E-state index contributed by atoms with van der Waals surface area (Å²) in [6.45, 7) is 0. The molecule has 1 N–H and O–H groups in total. The fourth-order valence-electron chi connectivity index (χ4n) is 1.77. The van der Waals surface area contributed by atoms with Crippen LogP contribution in [-0.2, 0) is 9.84 Å². The first-order valence-corrected chi connectivity index (χ1v) is 9.00. The molecule has 2 aromatic heterocycles. The van der Waals surface area contributed by atoms with Crippen LogP contribution in [0.3, 0.4) is 0 Å². The Labute approximate surface area is 141 Å². The lowest BCUT2D eigenvalue weighted by Gasteiger charge is -1.98. The molecule has 0 spiro atoms. The molecule has 0 aliphatic heterocycles. The third-order valence-electron chi connectivity index (χ3n) is 2.89. The number of furan rings is 1. The molecule has 2 heterocycles. The highest BCUT2D eigenvalue weighted by Crippen LogP contribution is 2.24. The van der Waals surface area contributed by atoms with E-state index in [4.69, 9.17) is 4.42 Å². The second-order valence-corrected chi connectivity index (χ2v) is 7.71. The summed E-state index contributed by atoms with van der Waals surface area (Å²) >= 11 is 0.961. The number of benzene rings is 1. The van der Waals surface area contributed by atoms with E-state index in [1.54, 1.807) is 24.3 Å². The minimum Gasteiger partial charge on any atom is -0.459 e. The van der Waals surface area contributed by atoms with Crippen LogP contribution in [0, 0.1) is 0 Å². The lowest BCUT2D eigenvalue weighted by atomic mass is 10.4. The number of aromatic nitrogens is 1. The van der Waals surface area contributed by atoms with Gasteiger partial charge >= 0.3 is 5.91 Å². The Balaban J connectivity index is 1.72. The van der Waals surface area contributed by atoms with Gasteiger partial charge in [-0.2, -0.15) is 5.10 Å². The normalized spacial score (nSPS) is 11.7. The maximum Gasteiger partial charge on any atom is 0.307 e. The summed E-state index contributed by atoms with van der Waals surface area (Å²) < 4.78 is 29.7. The SMILES string of the molecule is O=C(NN=Cc1cnc(S(=O)(=O)c2ccccc2)s1)c1ccco1. The maximum atomic E-state index is 12.4. The molecule has 122 valence electrons. The van der Waals surface area contributed by atoms with Crippen LogP contribution in [0.1, 0.15) is 15.4 Å². The Morgan fingerprint density at radius 1 is 1.21 bits per heavy atom. The number of hydrogen-bond donors (Lipinski definition) is 1. The molecule has 0 aliphatic carbocycles. The number of rotatable bonds is 5. The van der Waals surface area contributed by atoms with E-state index < -0.39 is 15.7 Å². The van der Waals surface area contributed by atoms with Crippen molar-refractivity contribution in [1.29, 1.82) is 0 Å². The Kier molecular flexibility index (Phi) is 4.54. The predicted molar refractivity (Wildman–Crippen MR) is 87.8 cm³/mol. The maximum absolute atomic E-state index is 12.4. The Morgan fingerprint density at radius 2 is 2.00 bits per heavy atom. The number of hydrogen-bond acceptors (Lipinski definition) is 7. The monoisotopic (exact) mass is 361 g/mol. The summed E-state index contributed by atoms with van der Waals surface area (Å²) in [7, 11) is -3.65. The first-order chi connectivity index (χ1) is 11.6. The molecule has 0 radical (unpaired) electrons. The van der Waals surface area contributed by atoms with Gasteiger partial charge in [-0.25, -0.2) is 18.8 Å². The quantitative estimate of drug-likeness (QED) is 0.555. The predicted octanol–water partition coefficient (Wildman–Crippen LogP) is 2.33. The fraction of sp³-hybridized carbons (Fsp3) is 0. The second kappa shape index (κ2) is 6.77. The molecular weight excluding hydrogens is 350 g/mol. The van der Waals surface area contributed by atoms with E-state index in [2.05, 4.69) is 15.5 Å². The van der Waals surface area contributed by atoms with Gasteiger partial charge in [0, 0.05) is 6.20 Å². The summed E-state index contributed by atoms with van der Waals surface area (Å²) in [5.74, 6) is -0.373. The molecule has 0 fully saturated rings. The summed E-state index contributed by atoms with van der Waals surface area (Å²) in [4.78, 5) is 16.2. The van der Waals surface area contributed by atoms with Crippen LogP contribution in [0.2, 0.25) is 0 Å². The number of carbonyl (C=O) groups excluding carboxylic acids is 1. The van der Waals surface area contributed by atoms with Crippen molar-refractivity contribution in [1.82, 2.24) is 10.4 Å². The van der Waals surface area contributed by atoms with Crippen molar-refractivity contribution in [3.05, 3.63) is 65.6 Å². The highest BCUT2D eigenvalue weighted by molar-refractivity contribution is 7.93. The van der Waals surface area contributed by atoms with Crippen molar-refractivity contribution >= 4 is 33.3 Å². The van der Waals surface area contributed by atoms with Crippen molar-refractivity contribution in [2.45, 2.75) is 9.24 Å². The molecule has 1 amide bonds. The summed E-state index contributed by atoms with van der Waals surface area (Å²) in [5, 5.41) is 3.76. The van der Waals surface area contributed by atoms with Crippen LogP contribution in [0.25, 0.3) is 0 Å². The lowest BCUT2D eigenvalue weighted by molar-refractivity contribution is 0.0927. The summed E-state index contributed by atoms with van der Waals surface area (Å²) in [5.41, 5.74) is 2.28. The van der Waals surface area contributed by atoms with E-state index >= 15 is 0 Å². The van der Waals surface area contributed by atoms with Gasteiger partial charge in [0.2, 0.25) is 14.2 Å². The van der Waals surface area contributed by atoms with Gasteiger partial charge in [-0.1, -0.05) is 18.2 Å². The minimum absolute atomic E-state index is 0.0347. The van der Waals surface area contributed by atoms with E-state index in [0.29, 0.717) is 4.88 Å². The fourth-order valence-corrected chi connectivity index (χ4v) is 4.21. The number of thiazole rings is 1. The van der Waals surface area contributed by atoms with E-state index in [9.17, 15) is 13.2 Å². The molecule has 0 saturated carbocycles. The minimum atomic E-state index is -3.65. The molecule has 1 aromatic carbocycles. The first-order valence-electron chi connectivity index (χ1n) is 6.70. The van der Waals surface area contributed by atoms with E-state index in [1.807, 2.05) is 0 Å². The van der Waals surface area contributed by atoms with Crippen molar-refractivity contribution in [2.24, 2.45) is 5.10 Å². The molecule has 0 unspecified atom stereocenters. The van der Waals surface area contributed by atoms with Crippen molar-refractivity contribution in [3.63, 3.8) is 0 Å². The topological polar surface area (TPSA) is 102 Å².